The van der Waals surface area contributed by atoms with Crippen LogP contribution in [-0.4, -0.2) is 40.1 Å². The molecular formula is C18H21FN4O. The number of hydrogen-bond acceptors (Lipinski definition) is 4. The molecule has 1 saturated heterocycles. The summed E-state index contributed by atoms with van der Waals surface area (Å²) in [6, 6.07) is 10.4. The van der Waals surface area contributed by atoms with E-state index >= 15 is 0 Å². The molecular weight excluding hydrogens is 307 g/mol. The van der Waals surface area contributed by atoms with Gasteiger partial charge in [0.15, 0.2) is 0 Å². The molecule has 5 nitrogen and oxygen atoms in total. The van der Waals surface area contributed by atoms with Crippen molar-refractivity contribution in [3.8, 4) is 0 Å². The number of rotatable bonds is 5. The lowest BCUT2D eigenvalue weighted by Crippen LogP contribution is -2.42. The van der Waals surface area contributed by atoms with Gasteiger partial charge >= 0.3 is 0 Å². The number of anilines is 1. The highest BCUT2D eigenvalue weighted by atomic mass is 19.1. The summed E-state index contributed by atoms with van der Waals surface area (Å²) in [6.45, 7) is 1.50. The molecule has 1 aromatic heterocycles. The zero-order valence-electron chi connectivity index (χ0n) is 13.5. The minimum atomic E-state index is -0.247. The molecule has 0 spiro atoms. The van der Waals surface area contributed by atoms with E-state index in [4.69, 9.17) is 0 Å². The molecule has 2 aromatic rings. The number of piperidine rings is 1. The van der Waals surface area contributed by atoms with Gasteiger partial charge in [0.1, 0.15) is 11.6 Å². The highest BCUT2D eigenvalue weighted by molar-refractivity contribution is 5.76. The zero-order chi connectivity index (χ0) is 16.8. The third-order valence-electron chi connectivity index (χ3n) is 4.31. The minimum Gasteiger partial charge on any atom is -0.366 e. The van der Waals surface area contributed by atoms with Gasteiger partial charge in [-0.05, 0) is 49.1 Å². The third-order valence-corrected chi connectivity index (χ3v) is 4.31. The van der Waals surface area contributed by atoms with E-state index < -0.39 is 0 Å². The summed E-state index contributed by atoms with van der Waals surface area (Å²) in [4.78, 5) is 14.2. The number of nitrogens with one attached hydrogen (secondary N) is 1. The minimum absolute atomic E-state index is 0.164. The Hall–Kier alpha value is -2.50. The molecule has 1 aromatic carbocycles. The predicted molar refractivity (Wildman–Crippen MR) is 90.0 cm³/mol. The van der Waals surface area contributed by atoms with E-state index in [-0.39, 0.29) is 11.7 Å². The summed E-state index contributed by atoms with van der Waals surface area (Å²) in [5, 5.41) is 11.2. The normalized spacial score (nSPS) is 15.3. The van der Waals surface area contributed by atoms with Crippen molar-refractivity contribution >= 4 is 11.7 Å². The number of aryl methyl sites for hydroxylation is 1. The van der Waals surface area contributed by atoms with E-state index in [9.17, 15) is 9.18 Å². The molecule has 1 N–H and O–H groups in total. The summed E-state index contributed by atoms with van der Waals surface area (Å²) in [5.74, 6) is 0.693. The van der Waals surface area contributed by atoms with Gasteiger partial charge in [0, 0.05) is 31.7 Å². The van der Waals surface area contributed by atoms with Crippen LogP contribution < -0.4 is 5.32 Å². The molecule has 2 heterocycles. The van der Waals surface area contributed by atoms with Crippen molar-refractivity contribution in [3.05, 3.63) is 54.0 Å². The standard InChI is InChI=1S/C18H21FN4O/c19-15-6-3-14(4-7-15)5-8-18(24)23-12-9-16(10-13-23)21-17-2-1-11-20-22-17/h1-4,6-7,11,16H,5,8-10,12-13H2,(H,21,22). The third kappa shape index (κ3) is 4.50. The second kappa shape index (κ2) is 7.86. The number of hydrogen-bond donors (Lipinski definition) is 1. The number of likely N-dealkylation sites (tertiary alicyclic amines) is 1. The lowest BCUT2D eigenvalue weighted by Gasteiger charge is -2.32. The molecule has 0 bridgehead atoms. The van der Waals surface area contributed by atoms with Gasteiger partial charge in [-0.15, -0.1) is 5.10 Å². The molecule has 0 radical (unpaired) electrons. The molecule has 3 rings (SSSR count). The van der Waals surface area contributed by atoms with Crippen LogP contribution in [0.15, 0.2) is 42.6 Å². The SMILES string of the molecule is O=C(CCc1ccc(F)cc1)N1CCC(Nc2cccnn2)CC1. The van der Waals surface area contributed by atoms with Gasteiger partial charge in [0.05, 0.1) is 0 Å². The van der Waals surface area contributed by atoms with Crippen LogP contribution in [0.1, 0.15) is 24.8 Å². The van der Waals surface area contributed by atoms with Gasteiger partial charge in [0.2, 0.25) is 5.91 Å². The number of halogens is 1. The first kappa shape index (κ1) is 16.4. The molecule has 0 saturated carbocycles. The lowest BCUT2D eigenvalue weighted by atomic mass is 10.0. The molecule has 1 amide bonds. The van der Waals surface area contributed by atoms with E-state index in [1.54, 1.807) is 18.3 Å². The monoisotopic (exact) mass is 328 g/mol. The van der Waals surface area contributed by atoms with Crippen LogP contribution in [0.3, 0.4) is 0 Å². The van der Waals surface area contributed by atoms with Crippen molar-refractivity contribution < 1.29 is 9.18 Å². The van der Waals surface area contributed by atoms with E-state index in [1.165, 1.54) is 12.1 Å². The van der Waals surface area contributed by atoms with Crippen molar-refractivity contribution in [2.45, 2.75) is 31.7 Å². The van der Waals surface area contributed by atoms with E-state index in [1.807, 2.05) is 17.0 Å². The van der Waals surface area contributed by atoms with Gasteiger partial charge in [-0.1, -0.05) is 12.1 Å². The van der Waals surface area contributed by atoms with Crippen LogP contribution in [0.25, 0.3) is 0 Å². The Morgan fingerprint density at radius 3 is 2.62 bits per heavy atom. The molecule has 0 aliphatic carbocycles. The van der Waals surface area contributed by atoms with Crippen LogP contribution in [0.4, 0.5) is 10.2 Å². The van der Waals surface area contributed by atoms with Gasteiger partial charge in [-0.3, -0.25) is 4.79 Å². The Bertz CT molecular complexity index is 654. The van der Waals surface area contributed by atoms with Crippen LogP contribution >= 0.6 is 0 Å². The van der Waals surface area contributed by atoms with Crippen molar-refractivity contribution in [1.29, 1.82) is 0 Å². The molecule has 126 valence electrons. The fraction of sp³-hybridized carbons (Fsp3) is 0.389. The fourth-order valence-corrected chi connectivity index (χ4v) is 2.92. The van der Waals surface area contributed by atoms with Crippen molar-refractivity contribution in [2.75, 3.05) is 18.4 Å². The maximum Gasteiger partial charge on any atom is 0.222 e. The summed E-state index contributed by atoms with van der Waals surface area (Å²) < 4.78 is 12.9. The topological polar surface area (TPSA) is 58.1 Å². The summed E-state index contributed by atoms with van der Waals surface area (Å²) in [6.07, 6.45) is 4.57. The Kier molecular flexibility index (Phi) is 5.36. The highest BCUT2D eigenvalue weighted by Gasteiger charge is 2.22. The zero-order valence-corrected chi connectivity index (χ0v) is 13.5. The molecule has 1 aliphatic heterocycles. The second-order valence-electron chi connectivity index (χ2n) is 6.03. The molecule has 6 heteroatoms. The summed E-state index contributed by atoms with van der Waals surface area (Å²) in [5.41, 5.74) is 0.990. The average molecular weight is 328 g/mol. The quantitative estimate of drug-likeness (QED) is 0.917. The smallest absolute Gasteiger partial charge is 0.222 e. The van der Waals surface area contributed by atoms with Gasteiger partial charge in [0.25, 0.3) is 0 Å². The van der Waals surface area contributed by atoms with Gasteiger partial charge < -0.3 is 10.2 Å². The molecule has 1 fully saturated rings. The number of amides is 1. The Balaban J connectivity index is 1.42. The van der Waals surface area contributed by atoms with Crippen molar-refractivity contribution in [2.24, 2.45) is 0 Å². The second-order valence-corrected chi connectivity index (χ2v) is 6.03. The number of aromatic nitrogens is 2. The molecule has 24 heavy (non-hydrogen) atoms. The van der Waals surface area contributed by atoms with Crippen LogP contribution in [0.2, 0.25) is 0 Å². The van der Waals surface area contributed by atoms with E-state index in [0.29, 0.717) is 18.9 Å². The first-order chi connectivity index (χ1) is 11.7. The number of carbonyl (C=O) groups excluding carboxylic acids is 1. The first-order valence-electron chi connectivity index (χ1n) is 8.27. The maximum atomic E-state index is 12.9. The van der Waals surface area contributed by atoms with Crippen molar-refractivity contribution in [3.63, 3.8) is 0 Å². The fourth-order valence-electron chi connectivity index (χ4n) is 2.92. The highest BCUT2D eigenvalue weighted by Crippen LogP contribution is 2.16. The van der Waals surface area contributed by atoms with Crippen molar-refractivity contribution in [1.82, 2.24) is 15.1 Å². The molecule has 1 aliphatic rings. The Morgan fingerprint density at radius 2 is 1.96 bits per heavy atom. The van der Waals surface area contributed by atoms with Gasteiger partial charge in [-0.25, -0.2) is 4.39 Å². The summed E-state index contributed by atoms with van der Waals surface area (Å²) >= 11 is 0. The van der Waals surface area contributed by atoms with E-state index in [2.05, 4.69) is 15.5 Å². The lowest BCUT2D eigenvalue weighted by molar-refractivity contribution is -0.132. The Labute approximate surface area is 140 Å². The van der Waals surface area contributed by atoms with Crippen LogP contribution in [0, 0.1) is 5.82 Å². The summed E-state index contributed by atoms with van der Waals surface area (Å²) in [7, 11) is 0. The number of benzene rings is 1. The first-order valence-corrected chi connectivity index (χ1v) is 8.27. The largest absolute Gasteiger partial charge is 0.366 e. The number of carbonyl (C=O) groups is 1. The predicted octanol–water partition coefficient (Wildman–Crippen LogP) is 2.65. The molecule has 0 atom stereocenters. The maximum absolute atomic E-state index is 12.9. The Morgan fingerprint density at radius 1 is 1.21 bits per heavy atom. The number of nitrogens with zero attached hydrogens (tertiary/aromatic N) is 3. The van der Waals surface area contributed by atoms with Crippen LogP contribution in [0.5, 0.6) is 0 Å². The van der Waals surface area contributed by atoms with E-state index in [0.717, 1.165) is 37.3 Å². The average Bonchev–Trinajstić information content (AvgIpc) is 2.62. The van der Waals surface area contributed by atoms with Crippen LogP contribution in [-0.2, 0) is 11.2 Å². The van der Waals surface area contributed by atoms with Gasteiger partial charge in [-0.2, -0.15) is 5.10 Å². The molecule has 0 unspecified atom stereocenters.